The molecule has 0 spiro atoms. The highest BCUT2D eigenvalue weighted by atomic mass is 16.3. The van der Waals surface area contributed by atoms with Crippen LogP contribution in [0.25, 0.3) is 0 Å². The van der Waals surface area contributed by atoms with Crippen LogP contribution in [0.4, 0.5) is 0 Å². The van der Waals surface area contributed by atoms with Gasteiger partial charge in [-0.15, -0.1) is 10.2 Å². The normalized spacial score (nSPS) is 20.9. The Morgan fingerprint density at radius 3 is 2.60 bits per heavy atom. The van der Waals surface area contributed by atoms with Gasteiger partial charge in [0.1, 0.15) is 18.3 Å². The van der Waals surface area contributed by atoms with E-state index in [1.165, 1.54) is 0 Å². The molecule has 5 atom stereocenters. The van der Waals surface area contributed by atoms with E-state index in [9.17, 15) is 19.5 Å². The molecule has 1 aromatic carbocycles. The lowest BCUT2D eigenvalue weighted by Crippen LogP contribution is -2.59. The highest BCUT2D eigenvalue weighted by molar-refractivity contribution is 5.89. The molecule has 2 aromatic rings. The molecule has 4 rings (SSSR count). The van der Waals surface area contributed by atoms with E-state index in [1.54, 1.807) is 11.8 Å². The Morgan fingerprint density at radius 1 is 1.14 bits per heavy atom. The molecular weight excluding hydrogens is 536 g/mol. The van der Waals surface area contributed by atoms with Gasteiger partial charge in [0, 0.05) is 5.70 Å². The lowest BCUT2D eigenvalue weighted by Gasteiger charge is -2.40. The lowest BCUT2D eigenvalue weighted by molar-refractivity contribution is -0.134. The molecule has 1 aliphatic carbocycles. The van der Waals surface area contributed by atoms with E-state index in [2.05, 4.69) is 42.7 Å². The third-order valence-corrected chi connectivity index (χ3v) is 8.22. The van der Waals surface area contributed by atoms with Crippen molar-refractivity contribution in [1.82, 2.24) is 41.5 Å². The number of aromatic amines is 1. The lowest BCUT2D eigenvalue weighted by atomic mass is 9.92. The van der Waals surface area contributed by atoms with Crippen LogP contribution in [0.1, 0.15) is 71.2 Å². The van der Waals surface area contributed by atoms with Crippen LogP contribution in [0.2, 0.25) is 0 Å². The number of tetrazole rings is 1. The third kappa shape index (κ3) is 7.41. The van der Waals surface area contributed by atoms with Gasteiger partial charge < -0.3 is 26.0 Å². The Labute approximate surface area is 246 Å². The summed E-state index contributed by atoms with van der Waals surface area (Å²) in [6, 6.07) is 7.19. The first-order valence-corrected chi connectivity index (χ1v) is 14.7. The number of carbonyl (C=O) groups is 3. The van der Waals surface area contributed by atoms with Crippen LogP contribution in [0.3, 0.4) is 0 Å². The first-order valence-electron chi connectivity index (χ1n) is 14.7. The van der Waals surface area contributed by atoms with Crippen LogP contribution in [-0.4, -0.2) is 72.7 Å². The van der Waals surface area contributed by atoms with E-state index in [4.69, 9.17) is 0 Å². The molecule has 42 heavy (non-hydrogen) atoms. The van der Waals surface area contributed by atoms with Gasteiger partial charge in [-0.1, -0.05) is 61.9 Å². The predicted octanol–water partition coefficient (Wildman–Crippen LogP) is 1.87. The fourth-order valence-corrected chi connectivity index (χ4v) is 5.64. The Balaban J connectivity index is 1.52. The molecule has 2 aliphatic rings. The zero-order valence-electron chi connectivity index (χ0n) is 24.8. The monoisotopic (exact) mass is 578 g/mol. The molecule has 1 aliphatic heterocycles. The second-order valence-electron chi connectivity index (χ2n) is 11.2. The molecule has 2 heterocycles. The van der Waals surface area contributed by atoms with Gasteiger partial charge in [0.25, 0.3) is 0 Å². The molecule has 5 unspecified atom stereocenters. The minimum atomic E-state index is -1.17. The average Bonchev–Trinajstić information content (AvgIpc) is 3.47. The average molecular weight is 579 g/mol. The van der Waals surface area contributed by atoms with Gasteiger partial charge in [-0.3, -0.25) is 14.4 Å². The highest BCUT2D eigenvalue weighted by Gasteiger charge is 2.40. The van der Waals surface area contributed by atoms with Crippen molar-refractivity contribution in [3.05, 3.63) is 64.6 Å². The Hall–Kier alpha value is -4.06. The summed E-state index contributed by atoms with van der Waals surface area (Å²) >= 11 is 0. The molecule has 0 fully saturated rings. The molecular formula is C30H42N8O4. The molecule has 5 N–H and O–H groups in total. The SMILES string of the molecule is CCC(C)C(NC(=O)Cc1ccccc1)C(=O)NC1CCC2=C(C(C)=CCC2)N(C(C)C(=O)NCc2nn[nH]n2)C1O. The van der Waals surface area contributed by atoms with Gasteiger partial charge in [-0.05, 0) is 62.2 Å². The van der Waals surface area contributed by atoms with Crippen molar-refractivity contribution >= 4 is 17.7 Å². The molecule has 0 saturated carbocycles. The van der Waals surface area contributed by atoms with Gasteiger partial charge in [-0.25, -0.2) is 0 Å². The Kier molecular flexibility index (Phi) is 10.5. The molecule has 1 aromatic heterocycles. The molecule has 0 radical (unpaired) electrons. The maximum absolute atomic E-state index is 13.7. The summed E-state index contributed by atoms with van der Waals surface area (Å²) < 4.78 is 0. The van der Waals surface area contributed by atoms with Crippen LogP contribution in [0.15, 0.2) is 53.3 Å². The number of benzene rings is 1. The largest absolute Gasteiger partial charge is 0.371 e. The topological polar surface area (TPSA) is 165 Å². The van der Waals surface area contributed by atoms with Crippen LogP contribution >= 0.6 is 0 Å². The maximum Gasteiger partial charge on any atom is 0.243 e. The summed E-state index contributed by atoms with van der Waals surface area (Å²) in [7, 11) is 0. The first-order chi connectivity index (χ1) is 20.2. The zero-order chi connectivity index (χ0) is 30.2. The van der Waals surface area contributed by atoms with Gasteiger partial charge in [-0.2, -0.15) is 5.21 Å². The predicted molar refractivity (Wildman–Crippen MR) is 156 cm³/mol. The van der Waals surface area contributed by atoms with Gasteiger partial charge >= 0.3 is 0 Å². The summed E-state index contributed by atoms with van der Waals surface area (Å²) in [5, 5.41) is 34.2. The number of aliphatic hydroxyl groups excluding tert-OH is 1. The van der Waals surface area contributed by atoms with Crippen LogP contribution in [0, 0.1) is 5.92 Å². The van der Waals surface area contributed by atoms with Crippen molar-refractivity contribution in [1.29, 1.82) is 0 Å². The number of aliphatic hydroxyl groups is 1. The fraction of sp³-hybridized carbons (Fsp3) is 0.533. The molecule has 0 saturated heterocycles. The van der Waals surface area contributed by atoms with E-state index < -0.39 is 24.4 Å². The molecule has 0 bridgehead atoms. The standard InChI is InChI=1S/C30H42N8O4/c1-5-18(2)26(33-25(39)16-21-11-7-6-8-12-21)29(41)32-23-15-14-22-13-9-10-19(3)27(22)38(30(23)42)20(4)28(40)31-17-24-34-36-37-35-24/h6-8,10-12,18,20,23,26,30,42H,5,9,13-17H2,1-4H3,(H,31,40)(H,32,41)(H,33,39)(H,34,35,36,37). The van der Waals surface area contributed by atoms with E-state index in [-0.39, 0.29) is 36.6 Å². The van der Waals surface area contributed by atoms with Gasteiger partial charge in [0.2, 0.25) is 17.7 Å². The van der Waals surface area contributed by atoms with Crippen molar-refractivity contribution in [3.8, 4) is 0 Å². The van der Waals surface area contributed by atoms with Gasteiger partial charge in [0.15, 0.2) is 5.82 Å². The van der Waals surface area contributed by atoms with Crippen molar-refractivity contribution < 1.29 is 19.5 Å². The second kappa shape index (κ2) is 14.2. The maximum atomic E-state index is 13.7. The van der Waals surface area contributed by atoms with E-state index in [1.807, 2.05) is 51.1 Å². The third-order valence-electron chi connectivity index (χ3n) is 8.22. The van der Waals surface area contributed by atoms with E-state index >= 15 is 0 Å². The molecule has 226 valence electrons. The number of hydrogen-bond donors (Lipinski definition) is 5. The highest BCUT2D eigenvalue weighted by Crippen LogP contribution is 2.37. The minimum absolute atomic E-state index is 0.0871. The van der Waals surface area contributed by atoms with Crippen molar-refractivity contribution in [3.63, 3.8) is 0 Å². The summed E-state index contributed by atoms with van der Waals surface area (Å²) in [5.41, 5.74) is 3.85. The molecule has 3 amide bonds. The number of hydrogen-bond acceptors (Lipinski definition) is 8. The van der Waals surface area contributed by atoms with Crippen LogP contribution in [0.5, 0.6) is 0 Å². The number of nitrogens with zero attached hydrogens (tertiary/aromatic N) is 4. The quantitative estimate of drug-likeness (QED) is 0.270. The number of rotatable bonds is 11. The van der Waals surface area contributed by atoms with E-state index in [0.717, 1.165) is 35.2 Å². The Bertz CT molecular complexity index is 1290. The number of amides is 3. The number of allylic oxidation sites excluding steroid dienone is 3. The summed E-state index contributed by atoms with van der Waals surface area (Å²) in [5.74, 6) is -0.696. The smallest absolute Gasteiger partial charge is 0.243 e. The Morgan fingerprint density at radius 2 is 1.90 bits per heavy atom. The number of carbonyl (C=O) groups excluding carboxylic acids is 3. The number of nitrogens with one attached hydrogen (secondary N) is 4. The minimum Gasteiger partial charge on any atom is -0.371 e. The van der Waals surface area contributed by atoms with Crippen molar-refractivity contribution in [2.75, 3.05) is 0 Å². The van der Waals surface area contributed by atoms with Crippen molar-refractivity contribution in [2.45, 2.75) is 97.1 Å². The summed E-state index contributed by atoms with van der Waals surface area (Å²) in [4.78, 5) is 41.6. The van der Waals surface area contributed by atoms with Crippen molar-refractivity contribution in [2.24, 2.45) is 5.92 Å². The molecule has 12 heteroatoms. The summed E-state index contributed by atoms with van der Waals surface area (Å²) in [6.45, 7) is 7.70. The van der Waals surface area contributed by atoms with Crippen LogP contribution < -0.4 is 16.0 Å². The number of H-pyrrole nitrogens is 1. The second-order valence-corrected chi connectivity index (χ2v) is 11.2. The zero-order valence-corrected chi connectivity index (χ0v) is 24.8. The molecule has 12 nitrogen and oxygen atoms in total. The summed E-state index contributed by atoms with van der Waals surface area (Å²) in [6.07, 6.45) is 4.66. The van der Waals surface area contributed by atoms with Gasteiger partial charge in [0.05, 0.1) is 19.0 Å². The fourth-order valence-electron chi connectivity index (χ4n) is 5.64. The van der Waals surface area contributed by atoms with Crippen LogP contribution in [-0.2, 0) is 27.3 Å². The first kappa shape index (κ1) is 30.9. The van der Waals surface area contributed by atoms with E-state index in [0.29, 0.717) is 25.1 Å². The number of aromatic nitrogens is 4.